The van der Waals surface area contributed by atoms with Crippen LogP contribution in [0.4, 0.5) is 5.82 Å². The van der Waals surface area contributed by atoms with Crippen LogP contribution in [0.3, 0.4) is 0 Å². The van der Waals surface area contributed by atoms with Crippen LogP contribution in [0, 0.1) is 6.92 Å². The van der Waals surface area contributed by atoms with Gasteiger partial charge in [0, 0.05) is 11.8 Å². The Morgan fingerprint density at radius 2 is 2.10 bits per heavy atom. The van der Waals surface area contributed by atoms with Crippen molar-refractivity contribution >= 4 is 21.8 Å². The van der Waals surface area contributed by atoms with Crippen molar-refractivity contribution in [2.45, 2.75) is 11.8 Å². The molecule has 0 fully saturated rings. The maximum Gasteiger partial charge on any atom is 0.337 e. The number of hydrogen-bond acceptors (Lipinski definition) is 5. The predicted octanol–water partition coefficient (Wildman–Crippen LogP) is 1.31. The average Bonchev–Trinajstić information content (AvgIpc) is 2.82. The van der Waals surface area contributed by atoms with Crippen LogP contribution in [0.2, 0.25) is 0 Å². The van der Waals surface area contributed by atoms with Crippen molar-refractivity contribution in [2.75, 3.05) is 11.8 Å². The Morgan fingerprint density at radius 3 is 2.70 bits per heavy atom. The summed E-state index contributed by atoms with van der Waals surface area (Å²) in [5, 5.41) is 6.42. The molecule has 1 aromatic heterocycles. The third-order valence-corrected chi connectivity index (χ3v) is 3.86. The lowest BCUT2D eigenvalue weighted by molar-refractivity contribution is 0.0600. The van der Waals surface area contributed by atoms with Crippen molar-refractivity contribution in [2.24, 2.45) is 0 Å². The number of aromatic nitrogens is 2. The second-order valence-corrected chi connectivity index (χ2v) is 5.74. The molecule has 2 N–H and O–H groups in total. The second kappa shape index (κ2) is 5.33. The molecule has 0 aliphatic heterocycles. The third kappa shape index (κ3) is 2.97. The van der Waals surface area contributed by atoms with E-state index >= 15 is 0 Å². The standard InChI is InChI=1S/C12H13N3O4S/c1-8-6-11(14-13-8)15-20(17,18)10-5-3-4-9(7-10)12(16)19-2/h3-7H,1-2H3,(H2,13,14,15). The molecule has 0 unspecified atom stereocenters. The fraction of sp³-hybridized carbons (Fsp3) is 0.167. The molecule has 1 aromatic carbocycles. The average molecular weight is 295 g/mol. The maximum atomic E-state index is 12.2. The van der Waals surface area contributed by atoms with Gasteiger partial charge in [0.2, 0.25) is 0 Å². The molecule has 0 spiro atoms. The lowest BCUT2D eigenvalue weighted by atomic mass is 10.2. The van der Waals surface area contributed by atoms with Gasteiger partial charge in [0.15, 0.2) is 5.82 Å². The van der Waals surface area contributed by atoms with Crippen molar-refractivity contribution in [3.05, 3.63) is 41.6 Å². The van der Waals surface area contributed by atoms with E-state index in [1.54, 1.807) is 13.0 Å². The lowest BCUT2D eigenvalue weighted by Gasteiger charge is -2.06. The number of esters is 1. The van der Waals surface area contributed by atoms with Crippen LogP contribution in [-0.4, -0.2) is 31.7 Å². The first-order valence-corrected chi connectivity index (χ1v) is 7.14. The molecule has 0 saturated heterocycles. The Bertz CT molecular complexity index is 737. The summed E-state index contributed by atoms with van der Waals surface area (Å²) in [5.41, 5.74) is 0.889. The number of H-pyrrole nitrogens is 1. The van der Waals surface area contributed by atoms with E-state index in [1.165, 1.54) is 31.4 Å². The molecule has 0 radical (unpaired) electrons. The quantitative estimate of drug-likeness (QED) is 0.828. The van der Waals surface area contributed by atoms with Gasteiger partial charge in [-0.05, 0) is 25.1 Å². The maximum absolute atomic E-state index is 12.2. The number of anilines is 1. The molecule has 2 rings (SSSR count). The van der Waals surface area contributed by atoms with Crippen LogP contribution in [0.25, 0.3) is 0 Å². The zero-order chi connectivity index (χ0) is 14.8. The monoisotopic (exact) mass is 295 g/mol. The zero-order valence-corrected chi connectivity index (χ0v) is 11.7. The molecule has 0 amide bonds. The predicted molar refractivity (Wildman–Crippen MR) is 71.9 cm³/mol. The highest BCUT2D eigenvalue weighted by Crippen LogP contribution is 2.16. The van der Waals surface area contributed by atoms with E-state index in [9.17, 15) is 13.2 Å². The Balaban J connectivity index is 2.32. The van der Waals surface area contributed by atoms with Crippen molar-refractivity contribution in [1.82, 2.24) is 10.2 Å². The third-order valence-electron chi connectivity index (χ3n) is 2.51. The van der Waals surface area contributed by atoms with Gasteiger partial charge >= 0.3 is 5.97 Å². The van der Waals surface area contributed by atoms with E-state index in [1.807, 2.05) is 0 Å². The second-order valence-electron chi connectivity index (χ2n) is 4.06. The molecule has 20 heavy (non-hydrogen) atoms. The topological polar surface area (TPSA) is 101 Å². The number of nitrogens with zero attached hydrogens (tertiary/aromatic N) is 1. The number of benzene rings is 1. The number of nitrogens with one attached hydrogen (secondary N) is 2. The molecule has 1 heterocycles. The summed E-state index contributed by atoms with van der Waals surface area (Å²) in [4.78, 5) is 11.4. The molecule has 7 nitrogen and oxygen atoms in total. The Labute approximate surface area is 116 Å². The van der Waals surface area contributed by atoms with Gasteiger partial charge < -0.3 is 4.74 Å². The molecule has 0 aliphatic carbocycles. The molecule has 0 aliphatic rings. The summed E-state index contributed by atoms with van der Waals surface area (Å²) < 4.78 is 31.2. The molecular weight excluding hydrogens is 282 g/mol. The first-order chi connectivity index (χ1) is 9.42. The number of carbonyl (C=O) groups excluding carboxylic acids is 1. The smallest absolute Gasteiger partial charge is 0.337 e. The fourth-order valence-electron chi connectivity index (χ4n) is 1.57. The van der Waals surface area contributed by atoms with Gasteiger partial charge in [0.05, 0.1) is 17.6 Å². The van der Waals surface area contributed by atoms with Crippen LogP contribution >= 0.6 is 0 Å². The van der Waals surface area contributed by atoms with E-state index in [0.29, 0.717) is 0 Å². The first-order valence-electron chi connectivity index (χ1n) is 5.65. The van der Waals surface area contributed by atoms with Gasteiger partial charge in [-0.15, -0.1) is 0 Å². The van der Waals surface area contributed by atoms with Crippen molar-refractivity contribution in [3.8, 4) is 0 Å². The van der Waals surface area contributed by atoms with E-state index in [2.05, 4.69) is 19.7 Å². The van der Waals surface area contributed by atoms with Crippen LogP contribution in [-0.2, 0) is 14.8 Å². The van der Waals surface area contributed by atoms with Crippen molar-refractivity contribution in [3.63, 3.8) is 0 Å². The van der Waals surface area contributed by atoms with Gasteiger partial charge in [-0.2, -0.15) is 5.10 Å². The van der Waals surface area contributed by atoms with Crippen molar-refractivity contribution in [1.29, 1.82) is 0 Å². The van der Waals surface area contributed by atoms with E-state index in [-0.39, 0.29) is 16.3 Å². The van der Waals surface area contributed by atoms with E-state index in [0.717, 1.165) is 5.69 Å². The number of ether oxygens (including phenoxy) is 1. The minimum Gasteiger partial charge on any atom is -0.465 e. The SMILES string of the molecule is COC(=O)c1cccc(S(=O)(=O)Nc2cc(C)[nH]n2)c1. The van der Waals surface area contributed by atoms with Crippen LogP contribution in [0.15, 0.2) is 35.2 Å². The van der Waals surface area contributed by atoms with Gasteiger partial charge in [0.25, 0.3) is 10.0 Å². The molecule has 0 bridgehead atoms. The minimum atomic E-state index is -3.80. The summed E-state index contributed by atoms with van der Waals surface area (Å²) >= 11 is 0. The highest BCUT2D eigenvalue weighted by Gasteiger charge is 2.17. The Morgan fingerprint density at radius 1 is 1.35 bits per heavy atom. The number of hydrogen-bond donors (Lipinski definition) is 2. The highest BCUT2D eigenvalue weighted by atomic mass is 32.2. The van der Waals surface area contributed by atoms with Gasteiger partial charge in [-0.25, -0.2) is 13.2 Å². The number of rotatable bonds is 4. The summed E-state index contributed by atoms with van der Waals surface area (Å²) in [5.74, 6) is -0.413. The van der Waals surface area contributed by atoms with Crippen LogP contribution < -0.4 is 4.72 Å². The zero-order valence-electron chi connectivity index (χ0n) is 10.9. The molecule has 2 aromatic rings. The summed E-state index contributed by atoms with van der Waals surface area (Å²) in [6.07, 6.45) is 0. The molecule has 0 atom stereocenters. The summed E-state index contributed by atoms with van der Waals surface area (Å²) in [7, 11) is -2.57. The van der Waals surface area contributed by atoms with Gasteiger partial charge in [-0.1, -0.05) is 6.07 Å². The summed E-state index contributed by atoms with van der Waals surface area (Å²) in [6.45, 7) is 1.75. The highest BCUT2D eigenvalue weighted by molar-refractivity contribution is 7.92. The molecule has 8 heteroatoms. The number of aromatic amines is 1. The number of aryl methyl sites for hydroxylation is 1. The Kier molecular flexibility index (Phi) is 3.75. The molecule has 0 saturated carbocycles. The largest absolute Gasteiger partial charge is 0.465 e. The van der Waals surface area contributed by atoms with E-state index < -0.39 is 16.0 Å². The Hall–Kier alpha value is -2.35. The summed E-state index contributed by atoms with van der Waals surface area (Å²) in [6, 6.07) is 7.13. The minimum absolute atomic E-state index is 0.0407. The van der Waals surface area contributed by atoms with Crippen molar-refractivity contribution < 1.29 is 17.9 Å². The number of sulfonamides is 1. The van der Waals surface area contributed by atoms with Gasteiger partial charge in [0.1, 0.15) is 0 Å². The van der Waals surface area contributed by atoms with E-state index in [4.69, 9.17) is 0 Å². The lowest BCUT2D eigenvalue weighted by Crippen LogP contribution is -2.14. The molecule has 106 valence electrons. The van der Waals surface area contributed by atoms with Crippen LogP contribution in [0.5, 0.6) is 0 Å². The molecular formula is C12H13N3O4S. The number of methoxy groups -OCH3 is 1. The van der Waals surface area contributed by atoms with Gasteiger partial charge in [-0.3, -0.25) is 9.82 Å². The fourth-order valence-corrected chi connectivity index (χ4v) is 2.61. The number of carbonyl (C=O) groups is 1. The normalized spacial score (nSPS) is 11.1. The first kappa shape index (κ1) is 14.1. The van der Waals surface area contributed by atoms with Crippen LogP contribution in [0.1, 0.15) is 16.1 Å².